The van der Waals surface area contributed by atoms with E-state index in [1.54, 1.807) is 0 Å². The number of hydrogen-bond donors (Lipinski definition) is 2. The molecule has 0 aliphatic heterocycles. The summed E-state index contributed by atoms with van der Waals surface area (Å²) in [7, 11) is 0. The summed E-state index contributed by atoms with van der Waals surface area (Å²) in [5.74, 6) is 0.164. The van der Waals surface area contributed by atoms with Crippen LogP contribution in [0.3, 0.4) is 0 Å². The van der Waals surface area contributed by atoms with Gasteiger partial charge in [0.15, 0.2) is 0 Å². The first-order valence-corrected chi connectivity index (χ1v) is 6.10. The number of rotatable bonds is 3. The molecule has 2 nitrogen and oxygen atoms in total. The predicted octanol–water partition coefficient (Wildman–Crippen LogP) is 2.40. The lowest BCUT2D eigenvalue weighted by Gasteiger charge is -2.34. The Bertz CT molecular complexity index is 218. The quantitative estimate of drug-likeness (QED) is 0.564. The van der Waals surface area contributed by atoms with Crippen LogP contribution in [0.1, 0.15) is 48.0 Å². The zero-order chi connectivity index (χ0) is 12.3. The third kappa shape index (κ3) is 6.13. The van der Waals surface area contributed by atoms with Crippen LogP contribution in [0.25, 0.3) is 0 Å². The molecule has 0 radical (unpaired) electrons. The van der Waals surface area contributed by atoms with Crippen LogP contribution in [-0.2, 0) is 4.79 Å². The second-order valence-electron chi connectivity index (χ2n) is 6.38. The third-order valence-corrected chi connectivity index (χ3v) is 2.59. The van der Waals surface area contributed by atoms with Gasteiger partial charge in [-0.3, -0.25) is 4.79 Å². The normalized spacial score (nSPS) is 14.6. The molecule has 1 amide bonds. The van der Waals surface area contributed by atoms with E-state index < -0.39 is 0 Å². The number of amides is 1. The van der Waals surface area contributed by atoms with Gasteiger partial charge in [0.05, 0.1) is 0 Å². The number of carbonyl (C=O) groups is 1. The molecule has 1 N–H and O–H groups in total. The summed E-state index contributed by atoms with van der Waals surface area (Å²) in [5, 5.41) is 2.80. The minimum atomic E-state index is 0.000309. The van der Waals surface area contributed by atoms with Gasteiger partial charge in [-0.1, -0.05) is 41.5 Å². The van der Waals surface area contributed by atoms with Crippen molar-refractivity contribution >= 4 is 25.1 Å². The van der Waals surface area contributed by atoms with Gasteiger partial charge in [0.25, 0.3) is 0 Å². The van der Waals surface area contributed by atoms with Crippen LogP contribution in [0.15, 0.2) is 0 Å². The standard InChI is InChI=1S/C11H24BNOS/c1-10(2,3)7-8(11(4,5)6)9(14)13-12-15/h8,12,15H,7H2,1-6H3,(H,13,14). The predicted molar refractivity (Wildman–Crippen MR) is 71.3 cm³/mol. The van der Waals surface area contributed by atoms with E-state index in [1.807, 2.05) is 0 Å². The molecular weight excluding hydrogens is 205 g/mol. The molecule has 0 aliphatic rings. The Labute approximate surface area is 100 Å². The van der Waals surface area contributed by atoms with Crippen LogP contribution in [0.2, 0.25) is 0 Å². The number of nitrogens with one attached hydrogen (secondary N) is 1. The monoisotopic (exact) mass is 229 g/mol. The first-order chi connectivity index (χ1) is 6.58. The minimum Gasteiger partial charge on any atom is -0.392 e. The van der Waals surface area contributed by atoms with Gasteiger partial charge in [0.2, 0.25) is 5.91 Å². The summed E-state index contributed by atoms with van der Waals surface area (Å²) in [6.45, 7) is 13.2. The molecule has 1 atom stereocenters. The molecule has 4 heteroatoms. The molecule has 0 aromatic heterocycles. The maximum absolute atomic E-state index is 11.9. The second-order valence-corrected chi connectivity index (χ2v) is 6.70. The Hall–Kier alpha value is -0.115. The summed E-state index contributed by atoms with van der Waals surface area (Å²) in [6, 6.07) is 0. The van der Waals surface area contributed by atoms with Crippen molar-refractivity contribution in [3.8, 4) is 0 Å². The van der Waals surface area contributed by atoms with E-state index in [1.165, 1.54) is 0 Å². The Kier molecular flexibility index (Phi) is 5.24. The fourth-order valence-corrected chi connectivity index (χ4v) is 1.76. The van der Waals surface area contributed by atoms with Crippen molar-refractivity contribution in [2.75, 3.05) is 0 Å². The molecule has 0 bridgehead atoms. The van der Waals surface area contributed by atoms with Crippen LogP contribution in [0, 0.1) is 16.7 Å². The Balaban J connectivity index is 4.68. The van der Waals surface area contributed by atoms with Crippen LogP contribution < -0.4 is 5.23 Å². The van der Waals surface area contributed by atoms with Crippen molar-refractivity contribution in [3.05, 3.63) is 0 Å². The molecule has 1 unspecified atom stereocenters. The maximum Gasteiger partial charge on any atom is 0.300 e. The van der Waals surface area contributed by atoms with Crippen molar-refractivity contribution in [2.45, 2.75) is 48.0 Å². The topological polar surface area (TPSA) is 29.1 Å². The smallest absolute Gasteiger partial charge is 0.300 e. The van der Waals surface area contributed by atoms with Crippen molar-refractivity contribution < 1.29 is 4.79 Å². The molecule has 0 rings (SSSR count). The zero-order valence-electron chi connectivity index (χ0n) is 10.8. The average molecular weight is 229 g/mol. The first-order valence-electron chi connectivity index (χ1n) is 5.46. The van der Waals surface area contributed by atoms with Gasteiger partial charge in [0.1, 0.15) is 0 Å². The highest BCUT2D eigenvalue weighted by Gasteiger charge is 2.34. The van der Waals surface area contributed by atoms with Gasteiger partial charge in [0, 0.05) is 5.92 Å². The highest BCUT2D eigenvalue weighted by Crippen LogP contribution is 2.35. The lowest BCUT2D eigenvalue weighted by Crippen LogP contribution is -2.40. The SMILES string of the molecule is CC(C)(C)CC(C(=O)NBS)C(C)(C)C. The van der Waals surface area contributed by atoms with Gasteiger partial charge >= 0.3 is 6.69 Å². The minimum absolute atomic E-state index is 0.000309. The second kappa shape index (κ2) is 5.28. The summed E-state index contributed by atoms with van der Waals surface area (Å²) < 4.78 is 0. The van der Waals surface area contributed by atoms with E-state index in [4.69, 9.17) is 0 Å². The third-order valence-electron chi connectivity index (χ3n) is 2.43. The summed E-state index contributed by atoms with van der Waals surface area (Å²) in [5.41, 5.74) is 0.173. The van der Waals surface area contributed by atoms with Crippen LogP contribution in [0.5, 0.6) is 0 Å². The molecule has 0 spiro atoms. The fourth-order valence-electron chi connectivity index (χ4n) is 1.61. The number of thiol groups is 1. The molecule has 0 saturated heterocycles. The maximum atomic E-state index is 11.9. The Morgan fingerprint density at radius 3 is 2.00 bits per heavy atom. The van der Waals surface area contributed by atoms with Crippen molar-refractivity contribution in [1.82, 2.24) is 5.23 Å². The molecule has 0 heterocycles. The van der Waals surface area contributed by atoms with E-state index in [9.17, 15) is 4.79 Å². The summed E-state index contributed by atoms with van der Waals surface area (Å²) in [6.07, 6.45) is 0.899. The lowest BCUT2D eigenvalue weighted by atomic mass is 9.71. The molecule has 0 saturated carbocycles. The fraction of sp³-hybridized carbons (Fsp3) is 0.909. The molecule has 0 aromatic rings. The van der Waals surface area contributed by atoms with Crippen molar-refractivity contribution in [2.24, 2.45) is 16.7 Å². The zero-order valence-corrected chi connectivity index (χ0v) is 11.7. The van der Waals surface area contributed by atoms with Crippen molar-refractivity contribution in [1.29, 1.82) is 0 Å². The Morgan fingerprint density at radius 2 is 1.73 bits per heavy atom. The molecular formula is C11H24BNOS. The van der Waals surface area contributed by atoms with E-state index in [-0.39, 0.29) is 22.7 Å². The largest absolute Gasteiger partial charge is 0.392 e. The van der Waals surface area contributed by atoms with Crippen LogP contribution in [-0.4, -0.2) is 12.6 Å². The highest BCUT2D eigenvalue weighted by atomic mass is 32.1. The highest BCUT2D eigenvalue weighted by molar-refractivity contribution is 8.06. The summed E-state index contributed by atoms with van der Waals surface area (Å²) >= 11 is 4.03. The van der Waals surface area contributed by atoms with Crippen LogP contribution >= 0.6 is 12.5 Å². The molecule has 0 fully saturated rings. The van der Waals surface area contributed by atoms with Gasteiger partial charge in [-0.15, -0.1) is 0 Å². The van der Waals surface area contributed by atoms with Gasteiger partial charge in [-0.25, -0.2) is 12.5 Å². The van der Waals surface area contributed by atoms with Gasteiger partial charge in [-0.2, -0.15) is 0 Å². The molecule has 15 heavy (non-hydrogen) atoms. The average Bonchev–Trinajstić information content (AvgIpc) is 1.97. The van der Waals surface area contributed by atoms with E-state index in [0.717, 1.165) is 6.42 Å². The Morgan fingerprint density at radius 1 is 1.27 bits per heavy atom. The molecule has 88 valence electrons. The van der Waals surface area contributed by atoms with E-state index >= 15 is 0 Å². The summed E-state index contributed by atoms with van der Waals surface area (Å²) in [4.78, 5) is 11.9. The number of hydrogen-bond acceptors (Lipinski definition) is 2. The van der Waals surface area contributed by atoms with Gasteiger partial charge in [-0.05, 0) is 17.3 Å². The first kappa shape index (κ1) is 14.9. The van der Waals surface area contributed by atoms with E-state index in [2.05, 4.69) is 59.3 Å². The van der Waals surface area contributed by atoms with Crippen LogP contribution in [0.4, 0.5) is 0 Å². The lowest BCUT2D eigenvalue weighted by molar-refractivity contribution is -0.127. The molecule has 0 aliphatic carbocycles. The van der Waals surface area contributed by atoms with E-state index in [0.29, 0.717) is 6.69 Å². The number of carbonyl (C=O) groups excluding carboxylic acids is 1. The van der Waals surface area contributed by atoms with Gasteiger partial charge < -0.3 is 5.23 Å². The molecule has 0 aromatic carbocycles. The van der Waals surface area contributed by atoms with Crippen molar-refractivity contribution in [3.63, 3.8) is 0 Å².